The van der Waals surface area contributed by atoms with E-state index >= 15 is 0 Å². The van der Waals surface area contributed by atoms with Gasteiger partial charge in [0.2, 0.25) is 5.95 Å². The molecule has 0 unspecified atom stereocenters. The summed E-state index contributed by atoms with van der Waals surface area (Å²) in [5, 5.41) is 9.91. The highest BCUT2D eigenvalue weighted by Crippen LogP contribution is 2.31. The number of fused-ring (bicyclic) bond motifs is 1. The maximum absolute atomic E-state index is 5.99. The van der Waals surface area contributed by atoms with Gasteiger partial charge in [-0.2, -0.15) is 4.98 Å². The molecule has 2 aromatic heterocycles. The molecule has 1 fully saturated rings. The van der Waals surface area contributed by atoms with Crippen molar-refractivity contribution in [3.63, 3.8) is 0 Å². The largest absolute Gasteiger partial charge is 0.453 e. The van der Waals surface area contributed by atoms with Crippen LogP contribution >= 0.6 is 23.4 Å². The summed E-state index contributed by atoms with van der Waals surface area (Å²) in [6.07, 6.45) is 4.63. The number of furan rings is 1. The van der Waals surface area contributed by atoms with Crippen LogP contribution in [0, 0.1) is 5.92 Å². The highest BCUT2D eigenvalue weighted by atomic mass is 35.5. The number of halogens is 1. The molecule has 4 aromatic rings. The Morgan fingerprint density at radius 2 is 1.73 bits per heavy atom. The van der Waals surface area contributed by atoms with Crippen LogP contribution in [0.3, 0.4) is 0 Å². The summed E-state index contributed by atoms with van der Waals surface area (Å²) < 4.78 is 5.99. The van der Waals surface area contributed by atoms with Crippen molar-refractivity contribution < 1.29 is 4.42 Å². The van der Waals surface area contributed by atoms with Crippen molar-refractivity contribution in [2.45, 2.75) is 55.7 Å². The molecular weight excluding hydrogens is 502 g/mol. The zero-order valence-electron chi connectivity index (χ0n) is 20.7. The number of benzene rings is 2. The van der Waals surface area contributed by atoms with Crippen molar-refractivity contribution in [1.82, 2.24) is 15.3 Å². The predicted molar refractivity (Wildman–Crippen MR) is 156 cm³/mol. The lowest BCUT2D eigenvalue weighted by Crippen LogP contribution is -2.31. The third-order valence-electron chi connectivity index (χ3n) is 6.59. The van der Waals surface area contributed by atoms with Crippen LogP contribution in [0.25, 0.3) is 10.9 Å². The molecule has 0 atom stereocenters. The molecule has 1 saturated carbocycles. The van der Waals surface area contributed by atoms with Crippen molar-refractivity contribution in [2.24, 2.45) is 5.92 Å². The smallest absolute Gasteiger partial charge is 0.225 e. The van der Waals surface area contributed by atoms with Gasteiger partial charge in [-0.25, -0.2) is 4.98 Å². The number of hydrogen-bond acceptors (Lipinski definition) is 7. The predicted octanol–water partition coefficient (Wildman–Crippen LogP) is 7.49. The van der Waals surface area contributed by atoms with Gasteiger partial charge in [0, 0.05) is 35.4 Å². The Morgan fingerprint density at radius 3 is 2.49 bits per heavy atom. The first-order chi connectivity index (χ1) is 17.5. The summed E-state index contributed by atoms with van der Waals surface area (Å²) in [5.41, 5.74) is 0.976. The van der Waals surface area contributed by atoms with Crippen LogP contribution in [-0.4, -0.2) is 36.6 Å². The van der Waals surface area contributed by atoms with Crippen molar-refractivity contribution in [1.29, 1.82) is 0 Å². The number of rotatable bonds is 9. The Hall–Kier alpha value is -2.74. The second-order valence-corrected chi connectivity index (χ2v) is 11.1. The van der Waals surface area contributed by atoms with Crippen LogP contribution in [0.1, 0.15) is 38.9 Å². The molecule has 2 N–H and O–H groups in total. The van der Waals surface area contributed by atoms with E-state index in [1.807, 2.05) is 56.6 Å². The van der Waals surface area contributed by atoms with E-state index in [0.717, 1.165) is 69.4 Å². The van der Waals surface area contributed by atoms with Crippen LogP contribution in [0.5, 0.6) is 0 Å². The molecule has 0 spiro atoms. The van der Waals surface area contributed by atoms with Crippen molar-refractivity contribution >= 4 is 46.0 Å². The van der Waals surface area contributed by atoms with E-state index in [1.54, 1.807) is 11.8 Å². The molecule has 37 heavy (non-hydrogen) atoms. The molecule has 5 rings (SSSR count). The molecule has 6 nitrogen and oxygen atoms in total. The van der Waals surface area contributed by atoms with Crippen LogP contribution in [-0.2, 0) is 6.54 Å². The minimum Gasteiger partial charge on any atom is -0.453 e. The minimum atomic E-state index is 0. The third kappa shape index (κ3) is 7.18. The molecule has 0 saturated heterocycles. The number of anilines is 2. The van der Waals surface area contributed by atoms with Crippen molar-refractivity contribution in [2.75, 3.05) is 30.9 Å². The molecule has 2 heterocycles. The van der Waals surface area contributed by atoms with Crippen molar-refractivity contribution in [3.05, 3.63) is 71.4 Å². The molecule has 8 heteroatoms. The zero-order valence-corrected chi connectivity index (χ0v) is 22.3. The monoisotopic (exact) mass is 537 g/mol. The summed E-state index contributed by atoms with van der Waals surface area (Å²) in [5.74, 6) is 3.32. The Balaban J connectivity index is 0.00000320. The SMILES string of the molecule is C.CN(C)c1nc(NC2CCC(CNCc3ccc(Sc4ccc(Cl)cc4)o3)CC2)nc2ccccc12. The molecular formula is C29H36ClN5OS. The van der Waals surface area contributed by atoms with Gasteiger partial charge >= 0.3 is 0 Å². The fraction of sp³-hybridized carbons (Fsp3) is 0.379. The molecule has 0 amide bonds. The Morgan fingerprint density at radius 1 is 0.973 bits per heavy atom. The molecule has 0 radical (unpaired) electrons. The number of aromatic nitrogens is 2. The normalized spacial score (nSPS) is 17.4. The first-order valence-electron chi connectivity index (χ1n) is 12.5. The van der Waals surface area contributed by atoms with E-state index in [4.69, 9.17) is 26.0 Å². The van der Waals surface area contributed by atoms with Gasteiger partial charge in [-0.1, -0.05) is 42.9 Å². The Kier molecular flexibility index (Phi) is 9.35. The first kappa shape index (κ1) is 27.3. The maximum atomic E-state index is 5.99. The molecule has 196 valence electrons. The summed E-state index contributed by atoms with van der Waals surface area (Å²) in [7, 11) is 4.05. The van der Waals surface area contributed by atoms with Crippen LogP contribution in [0.15, 0.2) is 75.1 Å². The average molecular weight is 538 g/mol. The number of nitrogens with one attached hydrogen (secondary N) is 2. The summed E-state index contributed by atoms with van der Waals surface area (Å²) >= 11 is 7.58. The topological polar surface area (TPSA) is 66.2 Å². The average Bonchev–Trinajstić information content (AvgIpc) is 3.33. The van der Waals surface area contributed by atoms with E-state index in [0.29, 0.717) is 12.0 Å². The fourth-order valence-electron chi connectivity index (χ4n) is 4.69. The Labute approximate surface area is 229 Å². The van der Waals surface area contributed by atoms with Gasteiger partial charge in [-0.3, -0.25) is 0 Å². The number of hydrogen-bond donors (Lipinski definition) is 2. The van der Waals surface area contributed by atoms with E-state index in [2.05, 4.69) is 33.7 Å². The van der Waals surface area contributed by atoms with Crippen LogP contribution < -0.4 is 15.5 Å². The lowest BCUT2D eigenvalue weighted by molar-refractivity contribution is 0.317. The van der Waals surface area contributed by atoms with Gasteiger partial charge in [0.1, 0.15) is 11.6 Å². The second kappa shape index (κ2) is 12.7. The summed E-state index contributed by atoms with van der Waals surface area (Å²) in [4.78, 5) is 12.7. The molecule has 1 aliphatic carbocycles. The van der Waals surface area contributed by atoms with E-state index in [1.165, 1.54) is 12.8 Å². The van der Waals surface area contributed by atoms with Gasteiger partial charge < -0.3 is 20.0 Å². The standard InChI is InChI=1S/C28H32ClN5OS.CH4/c1-34(2)27-24-5-3-4-6-25(24)32-28(33-27)31-21-11-7-19(8-12-21)17-30-18-22-13-16-26(35-22)36-23-14-9-20(29)10-15-23;/h3-6,9-10,13-16,19,21,30H,7-8,11-12,17-18H2,1-2H3,(H,31,32,33);1H4. The van der Waals surface area contributed by atoms with E-state index in [9.17, 15) is 0 Å². The maximum Gasteiger partial charge on any atom is 0.225 e. The molecule has 0 aliphatic heterocycles. The van der Waals surface area contributed by atoms with E-state index in [-0.39, 0.29) is 7.43 Å². The summed E-state index contributed by atoms with van der Waals surface area (Å²) in [6, 6.07) is 20.5. The lowest BCUT2D eigenvalue weighted by atomic mass is 9.86. The quantitative estimate of drug-likeness (QED) is 0.229. The summed E-state index contributed by atoms with van der Waals surface area (Å²) in [6.45, 7) is 1.75. The van der Waals surface area contributed by atoms with E-state index < -0.39 is 0 Å². The first-order valence-corrected chi connectivity index (χ1v) is 13.7. The molecule has 1 aliphatic rings. The highest BCUT2D eigenvalue weighted by molar-refractivity contribution is 7.99. The highest BCUT2D eigenvalue weighted by Gasteiger charge is 2.22. The van der Waals surface area contributed by atoms with Crippen LogP contribution in [0.2, 0.25) is 5.02 Å². The zero-order chi connectivity index (χ0) is 24.9. The van der Waals surface area contributed by atoms with Crippen molar-refractivity contribution in [3.8, 4) is 0 Å². The molecule has 2 aromatic carbocycles. The third-order valence-corrected chi connectivity index (χ3v) is 7.77. The molecule has 0 bridgehead atoms. The lowest BCUT2D eigenvalue weighted by Gasteiger charge is -2.29. The minimum absolute atomic E-state index is 0. The van der Waals surface area contributed by atoms with Crippen LogP contribution in [0.4, 0.5) is 11.8 Å². The van der Waals surface area contributed by atoms with Gasteiger partial charge in [0.25, 0.3) is 0 Å². The fourth-order valence-corrected chi connectivity index (χ4v) is 5.60. The van der Waals surface area contributed by atoms with Gasteiger partial charge in [-0.05, 0) is 86.7 Å². The van der Waals surface area contributed by atoms with Gasteiger partial charge in [-0.15, -0.1) is 0 Å². The number of para-hydroxylation sites is 1. The second-order valence-electron chi connectivity index (χ2n) is 9.55. The number of nitrogens with zero attached hydrogens (tertiary/aromatic N) is 3. The van der Waals surface area contributed by atoms with Gasteiger partial charge in [0.15, 0.2) is 5.09 Å². The van der Waals surface area contributed by atoms with Gasteiger partial charge in [0.05, 0.1) is 12.1 Å². The Bertz CT molecular complexity index is 1290.